The number of carbonyl (C=O) groups is 1. The minimum atomic E-state index is -3.86. The second-order valence-electron chi connectivity index (χ2n) is 8.38. The van der Waals surface area contributed by atoms with Gasteiger partial charge in [0.2, 0.25) is 15.9 Å². The van der Waals surface area contributed by atoms with Crippen LogP contribution >= 0.6 is 0 Å². The SMILES string of the molecule is Cc1noc(/C=C/c2ccccc2F)c1S(=O)(=O)N1CCC(C(=O)N2CCCCC2)CC1. The van der Waals surface area contributed by atoms with Gasteiger partial charge < -0.3 is 9.42 Å². The number of rotatable bonds is 5. The quantitative estimate of drug-likeness (QED) is 0.678. The average molecular weight is 462 g/mol. The molecule has 2 saturated heterocycles. The van der Waals surface area contributed by atoms with E-state index < -0.39 is 15.8 Å². The number of hydrogen-bond acceptors (Lipinski definition) is 5. The Labute approximate surface area is 187 Å². The van der Waals surface area contributed by atoms with Crippen LogP contribution in [0.25, 0.3) is 12.2 Å². The van der Waals surface area contributed by atoms with E-state index in [1.165, 1.54) is 22.5 Å². The van der Waals surface area contributed by atoms with E-state index in [9.17, 15) is 17.6 Å². The molecule has 0 atom stereocenters. The van der Waals surface area contributed by atoms with Crippen LogP contribution in [0.5, 0.6) is 0 Å². The van der Waals surface area contributed by atoms with Gasteiger partial charge in [-0.1, -0.05) is 23.4 Å². The van der Waals surface area contributed by atoms with Crippen molar-refractivity contribution in [2.24, 2.45) is 5.92 Å². The lowest BCUT2D eigenvalue weighted by Gasteiger charge is -2.35. The van der Waals surface area contributed by atoms with Crippen molar-refractivity contribution in [2.75, 3.05) is 26.2 Å². The summed E-state index contributed by atoms with van der Waals surface area (Å²) in [6.45, 7) is 3.72. The van der Waals surface area contributed by atoms with Crippen molar-refractivity contribution < 1.29 is 22.1 Å². The molecule has 2 aliphatic heterocycles. The fraction of sp³-hybridized carbons (Fsp3) is 0.478. The lowest BCUT2D eigenvalue weighted by molar-refractivity contribution is -0.137. The summed E-state index contributed by atoms with van der Waals surface area (Å²) < 4.78 is 47.3. The summed E-state index contributed by atoms with van der Waals surface area (Å²) in [5.74, 6) is -0.331. The Morgan fingerprint density at radius 2 is 1.78 bits per heavy atom. The molecule has 0 spiro atoms. The predicted molar refractivity (Wildman–Crippen MR) is 118 cm³/mol. The predicted octanol–water partition coefficient (Wildman–Crippen LogP) is 3.71. The third-order valence-electron chi connectivity index (χ3n) is 6.22. The topological polar surface area (TPSA) is 83.7 Å². The minimum absolute atomic E-state index is 0.00843. The largest absolute Gasteiger partial charge is 0.355 e. The van der Waals surface area contributed by atoms with Gasteiger partial charge in [-0.05, 0) is 57.2 Å². The molecule has 1 aromatic carbocycles. The number of sulfonamides is 1. The van der Waals surface area contributed by atoms with E-state index in [1.54, 1.807) is 25.1 Å². The fourth-order valence-electron chi connectivity index (χ4n) is 4.42. The molecule has 0 aliphatic carbocycles. The molecule has 0 saturated carbocycles. The molecule has 0 N–H and O–H groups in total. The number of halogens is 1. The lowest BCUT2D eigenvalue weighted by Crippen LogP contribution is -2.45. The average Bonchev–Trinajstić information content (AvgIpc) is 3.20. The maximum atomic E-state index is 13.9. The van der Waals surface area contributed by atoms with Crippen molar-refractivity contribution in [2.45, 2.75) is 43.9 Å². The first-order valence-corrected chi connectivity index (χ1v) is 12.5. The number of piperidine rings is 2. The number of amides is 1. The molecular weight excluding hydrogens is 433 g/mol. The standard InChI is InChI=1S/C23H28FN3O4S/c1-17-22(21(31-25-17)10-9-18-7-3-4-8-20(18)24)32(29,30)27-15-11-19(12-16-27)23(28)26-13-5-2-6-14-26/h3-4,7-10,19H,2,5-6,11-16H2,1H3/b10-9+. The minimum Gasteiger partial charge on any atom is -0.355 e. The first kappa shape index (κ1) is 22.7. The van der Waals surface area contributed by atoms with E-state index in [1.807, 2.05) is 4.90 Å². The first-order chi connectivity index (χ1) is 15.4. The van der Waals surface area contributed by atoms with E-state index >= 15 is 0 Å². The molecule has 0 unspecified atom stereocenters. The summed E-state index contributed by atoms with van der Waals surface area (Å²) in [5.41, 5.74) is 0.576. The summed E-state index contributed by atoms with van der Waals surface area (Å²) >= 11 is 0. The van der Waals surface area contributed by atoms with Crippen LogP contribution in [0.4, 0.5) is 4.39 Å². The zero-order chi connectivity index (χ0) is 22.7. The van der Waals surface area contributed by atoms with Crippen LogP contribution in [0.1, 0.15) is 49.1 Å². The maximum Gasteiger partial charge on any atom is 0.248 e. The highest BCUT2D eigenvalue weighted by atomic mass is 32.2. The van der Waals surface area contributed by atoms with Crippen molar-refractivity contribution in [1.29, 1.82) is 0 Å². The van der Waals surface area contributed by atoms with Crippen LogP contribution in [0, 0.1) is 18.7 Å². The molecule has 1 aromatic heterocycles. The third kappa shape index (κ3) is 4.63. The Balaban J connectivity index is 1.48. The van der Waals surface area contributed by atoms with E-state index in [2.05, 4.69) is 5.16 Å². The van der Waals surface area contributed by atoms with Crippen LogP contribution in [0.2, 0.25) is 0 Å². The summed E-state index contributed by atoms with van der Waals surface area (Å²) in [7, 11) is -3.86. The van der Waals surface area contributed by atoms with Crippen molar-refractivity contribution in [3.63, 3.8) is 0 Å². The normalized spacial score (nSPS) is 19.0. The first-order valence-electron chi connectivity index (χ1n) is 11.1. The van der Waals surface area contributed by atoms with Gasteiger partial charge in [-0.2, -0.15) is 4.31 Å². The summed E-state index contributed by atoms with van der Waals surface area (Å²) in [5, 5.41) is 3.83. The van der Waals surface area contributed by atoms with Crippen LogP contribution in [-0.4, -0.2) is 54.9 Å². The highest BCUT2D eigenvalue weighted by Gasteiger charge is 2.37. The molecule has 0 bridgehead atoms. The Kier molecular flexibility index (Phi) is 6.76. The number of aryl methyl sites for hydroxylation is 1. The molecule has 3 heterocycles. The zero-order valence-electron chi connectivity index (χ0n) is 18.2. The smallest absolute Gasteiger partial charge is 0.248 e. The maximum absolute atomic E-state index is 13.9. The zero-order valence-corrected chi connectivity index (χ0v) is 19.0. The molecule has 9 heteroatoms. The number of likely N-dealkylation sites (tertiary alicyclic amines) is 1. The van der Waals surface area contributed by atoms with E-state index in [0.29, 0.717) is 18.4 Å². The molecule has 32 heavy (non-hydrogen) atoms. The van der Waals surface area contributed by atoms with Crippen molar-refractivity contribution >= 4 is 28.1 Å². The Morgan fingerprint density at radius 3 is 2.47 bits per heavy atom. The summed E-state index contributed by atoms with van der Waals surface area (Å²) in [4.78, 5) is 14.7. The van der Waals surface area contributed by atoms with Crippen molar-refractivity contribution in [3.05, 3.63) is 47.1 Å². The second kappa shape index (κ2) is 9.54. The van der Waals surface area contributed by atoms with Gasteiger partial charge in [0, 0.05) is 37.7 Å². The molecule has 0 radical (unpaired) electrons. The molecule has 172 valence electrons. The van der Waals surface area contributed by atoms with E-state index in [-0.39, 0.29) is 41.3 Å². The number of hydrogen-bond donors (Lipinski definition) is 0. The monoisotopic (exact) mass is 461 g/mol. The van der Waals surface area contributed by atoms with Gasteiger partial charge in [-0.3, -0.25) is 4.79 Å². The highest BCUT2D eigenvalue weighted by molar-refractivity contribution is 7.89. The van der Waals surface area contributed by atoms with Gasteiger partial charge in [0.1, 0.15) is 11.5 Å². The summed E-state index contributed by atoms with van der Waals surface area (Å²) in [6.07, 6.45) is 7.13. The molecular formula is C23H28FN3O4S. The van der Waals surface area contributed by atoms with Gasteiger partial charge in [-0.25, -0.2) is 12.8 Å². The van der Waals surface area contributed by atoms with Gasteiger partial charge in [0.05, 0.1) is 0 Å². The lowest BCUT2D eigenvalue weighted by atomic mass is 9.95. The van der Waals surface area contributed by atoms with E-state index in [4.69, 9.17) is 4.52 Å². The number of benzene rings is 1. The van der Waals surface area contributed by atoms with E-state index in [0.717, 1.165) is 32.4 Å². The summed E-state index contributed by atoms with van der Waals surface area (Å²) in [6, 6.07) is 6.20. The number of nitrogens with zero attached hydrogens (tertiary/aromatic N) is 3. The van der Waals surface area contributed by atoms with Gasteiger partial charge in [-0.15, -0.1) is 0 Å². The third-order valence-corrected chi connectivity index (χ3v) is 8.28. The molecule has 7 nitrogen and oxygen atoms in total. The van der Waals surface area contributed by atoms with Crippen LogP contribution in [-0.2, 0) is 14.8 Å². The Bertz CT molecular complexity index is 1100. The fourth-order valence-corrected chi connectivity index (χ4v) is 6.14. The number of aromatic nitrogens is 1. The molecule has 1 amide bonds. The second-order valence-corrected chi connectivity index (χ2v) is 10.3. The molecule has 2 aromatic rings. The van der Waals surface area contributed by atoms with Gasteiger partial charge in [0.25, 0.3) is 0 Å². The molecule has 2 aliphatic rings. The Morgan fingerprint density at radius 1 is 1.09 bits per heavy atom. The van der Waals surface area contributed by atoms with Gasteiger partial charge >= 0.3 is 0 Å². The van der Waals surface area contributed by atoms with Crippen LogP contribution in [0.15, 0.2) is 33.7 Å². The van der Waals surface area contributed by atoms with Crippen LogP contribution in [0.3, 0.4) is 0 Å². The van der Waals surface area contributed by atoms with Crippen molar-refractivity contribution in [1.82, 2.24) is 14.4 Å². The highest BCUT2D eigenvalue weighted by Crippen LogP contribution is 2.30. The molecule has 4 rings (SSSR count). The van der Waals surface area contributed by atoms with Crippen LogP contribution < -0.4 is 0 Å². The van der Waals surface area contributed by atoms with Gasteiger partial charge in [0.15, 0.2) is 10.7 Å². The molecule has 2 fully saturated rings. The Hall–Kier alpha value is -2.52. The number of carbonyl (C=O) groups excluding carboxylic acids is 1. The van der Waals surface area contributed by atoms with Crippen molar-refractivity contribution in [3.8, 4) is 0 Å².